The molecule has 31 heavy (non-hydrogen) atoms. The third-order valence-electron chi connectivity index (χ3n) is 6.33. The van der Waals surface area contributed by atoms with Crippen LogP contribution in [0.2, 0.25) is 0 Å². The van der Waals surface area contributed by atoms with Gasteiger partial charge in [-0.1, -0.05) is 26.2 Å². The number of hydrogen-bond acceptors (Lipinski definition) is 3. The molecule has 0 aliphatic heterocycles. The van der Waals surface area contributed by atoms with Crippen molar-refractivity contribution in [1.29, 1.82) is 0 Å². The smallest absolute Gasteiger partial charge is 0.263 e. The quantitative estimate of drug-likeness (QED) is 0.618. The second-order valence-corrected chi connectivity index (χ2v) is 8.43. The lowest BCUT2D eigenvalue weighted by Gasteiger charge is -2.22. The van der Waals surface area contributed by atoms with Crippen LogP contribution in [0.4, 0.5) is 11.4 Å². The highest BCUT2D eigenvalue weighted by atomic mass is 16.2. The molecule has 0 spiro atoms. The van der Waals surface area contributed by atoms with Crippen LogP contribution in [0.25, 0.3) is 0 Å². The van der Waals surface area contributed by atoms with Crippen molar-refractivity contribution in [3.8, 4) is 0 Å². The Labute approximate surface area is 186 Å². The van der Waals surface area contributed by atoms with E-state index in [9.17, 15) is 9.59 Å². The van der Waals surface area contributed by atoms with Crippen LogP contribution in [0.1, 0.15) is 80.9 Å². The maximum atomic E-state index is 13.3. The van der Waals surface area contributed by atoms with E-state index in [1.54, 1.807) is 0 Å². The third-order valence-corrected chi connectivity index (χ3v) is 6.33. The van der Waals surface area contributed by atoms with E-state index in [4.69, 9.17) is 0 Å². The van der Waals surface area contributed by atoms with Crippen molar-refractivity contribution in [2.75, 3.05) is 23.3 Å². The fourth-order valence-corrected chi connectivity index (χ4v) is 4.49. The first-order valence-corrected chi connectivity index (χ1v) is 12.0. The van der Waals surface area contributed by atoms with Crippen LogP contribution >= 0.6 is 0 Å². The first-order valence-electron chi connectivity index (χ1n) is 12.0. The average molecular weight is 424 g/mol. The molecular formula is C26H37N3O2. The van der Waals surface area contributed by atoms with Gasteiger partial charge in [0, 0.05) is 36.7 Å². The first kappa shape index (κ1) is 23.1. The number of aryl methyl sites for hydroxylation is 1. The van der Waals surface area contributed by atoms with Gasteiger partial charge >= 0.3 is 0 Å². The van der Waals surface area contributed by atoms with Crippen molar-refractivity contribution in [1.82, 2.24) is 4.57 Å². The molecule has 1 aliphatic rings. The van der Waals surface area contributed by atoms with Gasteiger partial charge in [-0.05, 0) is 81.8 Å². The van der Waals surface area contributed by atoms with Crippen molar-refractivity contribution in [3.05, 3.63) is 57.5 Å². The molecule has 0 atom stereocenters. The van der Waals surface area contributed by atoms with E-state index in [2.05, 4.69) is 31.0 Å². The molecule has 0 saturated carbocycles. The lowest BCUT2D eigenvalue weighted by atomic mass is 9.95. The first-order chi connectivity index (χ1) is 15.1. The lowest BCUT2D eigenvalue weighted by molar-refractivity contribution is 0.102. The van der Waals surface area contributed by atoms with Crippen LogP contribution in [0, 0.1) is 0 Å². The van der Waals surface area contributed by atoms with Crippen LogP contribution in [0.5, 0.6) is 0 Å². The minimum absolute atomic E-state index is 0.148. The number of carbonyl (C=O) groups excluding carboxylic acids is 1. The third kappa shape index (κ3) is 5.57. The lowest BCUT2D eigenvalue weighted by Crippen LogP contribution is -2.33. The minimum atomic E-state index is -0.310. The van der Waals surface area contributed by atoms with E-state index in [-0.39, 0.29) is 17.0 Å². The molecule has 0 fully saturated rings. The fourth-order valence-electron chi connectivity index (χ4n) is 4.49. The average Bonchev–Trinajstić information content (AvgIpc) is 2.76. The Balaban J connectivity index is 1.89. The van der Waals surface area contributed by atoms with E-state index in [0.717, 1.165) is 63.0 Å². The number of anilines is 2. The largest absolute Gasteiger partial charge is 0.372 e. The van der Waals surface area contributed by atoms with Gasteiger partial charge in [0.2, 0.25) is 0 Å². The number of amides is 1. The van der Waals surface area contributed by atoms with Gasteiger partial charge in [0.05, 0.1) is 0 Å². The molecular weight excluding hydrogens is 386 g/mol. The Morgan fingerprint density at radius 2 is 1.68 bits per heavy atom. The summed E-state index contributed by atoms with van der Waals surface area (Å²) in [5.74, 6) is -0.310. The van der Waals surface area contributed by atoms with Gasteiger partial charge in [0.1, 0.15) is 5.56 Å². The van der Waals surface area contributed by atoms with Gasteiger partial charge in [-0.2, -0.15) is 0 Å². The number of aromatic nitrogens is 1. The number of nitrogens with zero attached hydrogens (tertiary/aromatic N) is 2. The molecule has 0 saturated heterocycles. The molecule has 0 radical (unpaired) electrons. The molecule has 5 nitrogen and oxygen atoms in total. The molecule has 1 amide bonds. The van der Waals surface area contributed by atoms with Gasteiger partial charge in [-0.3, -0.25) is 9.59 Å². The zero-order chi connectivity index (χ0) is 22.2. The molecule has 5 heteroatoms. The second-order valence-electron chi connectivity index (χ2n) is 8.43. The molecule has 1 aliphatic carbocycles. The van der Waals surface area contributed by atoms with Crippen LogP contribution in [0.3, 0.4) is 0 Å². The van der Waals surface area contributed by atoms with Gasteiger partial charge in [0.25, 0.3) is 11.5 Å². The Morgan fingerprint density at radius 3 is 2.32 bits per heavy atom. The second kappa shape index (κ2) is 11.2. The zero-order valence-electron chi connectivity index (χ0n) is 19.4. The van der Waals surface area contributed by atoms with Gasteiger partial charge < -0.3 is 14.8 Å². The molecule has 1 aromatic heterocycles. The van der Waals surface area contributed by atoms with Crippen LogP contribution < -0.4 is 15.8 Å². The van der Waals surface area contributed by atoms with Gasteiger partial charge in [0.15, 0.2) is 0 Å². The van der Waals surface area contributed by atoms with Gasteiger partial charge in [-0.15, -0.1) is 0 Å². The Kier molecular flexibility index (Phi) is 8.33. The van der Waals surface area contributed by atoms with E-state index in [1.165, 1.54) is 18.4 Å². The number of pyridine rings is 1. The van der Waals surface area contributed by atoms with Crippen molar-refractivity contribution in [2.24, 2.45) is 0 Å². The fraction of sp³-hybridized carbons (Fsp3) is 0.538. The predicted molar refractivity (Wildman–Crippen MR) is 129 cm³/mol. The normalized spacial score (nSPS) is 13.8. The van der Waals surface area contributed by atoms with E-state index < -0.39 is 0 Å². The summed E-state index contributed by atoms with van der Waals surface area (Å²) in [7, 11) is 0. The summed E-state index contributed by atoms with van der Waals surface area (Å²) < 4.78 is 1.89. The Hall–Kier alpha value is -2.56. The number of rotatable bonds is 8. The number of unbranched alkanes of at least 4 members (excludes halogenated alkanes) is 1. The number of nitrogens with one attached hydrogen (secondary N) is 1. The predicted octanol–water partition coefficient (Wildman–Crippen LogP) is 5.41. The van der Waals surface area contributed by atoms with Gasteiger partial charge in [-0.25, -0.2) is 0 Å². The summed E-state index contributed by atoms with van der Waals surface area (Å²) in [6.45, 7) is 8.96. The standard InChI is InChI=1S/C26H37N3O2/c1-4-7-18-29-24-13-11-9-8-10-12-20(24)19-23(26(29)31)25(30)27-21-14-16-22(17-15-21)28(5-2)6-3/h14-17,19H,4-13,18H2,1-3H3,(H,27,30). The molecule has 1 heterocycles. The van der Waals surface area contributed by atoms with Crippen molar-refractivity contribution in [2.45, 2.75) is 78.7 Å². The maximum Gasteiger partial charge on any atom is 0.263 e. The van der Waals surface area contributed by atoms with Crippen molar-refractivity contribution < 1.29 is 4.79 Å². The van der Waals surface area contributed by atoms with E-state index >= 15 is 0 Å². The number of fused-ring (bicyclic) bond motifs is 1. The molecule has 3 rings (SSSR count). The highest BCUT2D eigenvalue weighted by molar-refractivity contribution is 6.04. The zero-order valence-corrected chi connectivity index (χ0v) is 19.4. The maximum absolute atomic E-state index is 13.3. The highest BCUT2D eigenvalue weighted by Gasteiger charge is 2.20. The summed E-state index contributed by atoms with van der Waals surface area (Å²) in [6, 6.07) is 9.72. The Bertz CT molecular complexity index is 927. The summed E-state index contributed by atoms with van der Waals surface area (Å²) in [5, 5.41) is 2.95. The van der Waals surface area contributed by atoms with E-state index in [0.29, 0.717) is 12.2 Å². The van der Waals surface area contributed by atoms with Crippen molar-refractivity contribution >= 4 is 17.3 Å². The minimum Gasteiger partial charge on any atom is -0.372 e. The van der Waals surface area contributed by atoms with E-state index in [1.807, 2.05) is 34.9 Å². The molecule has 1 aromatic carbocycles. The van der Waals surface area contributed by atoms with Crippen LogP contribution in [-0.2, 0) is 19.4 Å². The summed E-state index contributed by atoms with van der Waals surface area (Å²) in [6.07, 6.45) is 8.52. The SMILES string of the molecule is CCCCn1c2c(cc(C(=O)Nc3ccc(N(CC)CC)cc3)c1=O)CCCCCC2. The highest BCUT2D eigenvalue weighted by Crippen LogP contribution is 2.22. The number of carbonyl (C=O) groups is 1. The van der Waals surface area contributed by atoms with Crippen molar-refractivity contribution in [3.63, 3.8) is 0 Å². The molecule has 2 aromatic rings. The van der Waals surface area contributed by atoms with Crippen LogP contribution in [0.15, 0.2) is 35.1 Å². The monoisotopic (exact) mass is 423 g/mol. The topological polar surface area (TPSA) is 54.3 Å². The number of hydrogen-bond donors (Lipinski definition) is 1. The summed E-state index contributed by atoms with van der Waals surface area (Å²) in [5.41, 5.74) is 4.29. The summed E-state index contributed by atoms with van der Waals surface area (Å²) >= 11 is 0. The molecule has 0 bridgehead atoms. The van der Waals surface area contributed by atoms with Crippen LogP contribution in [-0.4, -0.2) is 23.6 Å². The molecule has 168 valence electrons. The summed E-state index contributed by atoms with van der Waals surface area (Å²) in [4.78, 5) is 28.6. The molecule has 1 N–H and O–H groups in total. The Morgan fingerprint density at radius 1 is 1.00 bits per heavy atom. The molecule has 0 unspecified atom stereocenters. The number of benzene rings is 1.